The number of hydrogen-bond acceptors (Lipinski definition) is 7. The summed E-state index contributed by atoms with van der Waals surface area (Å²) in [6, 6.07) is 17.9. The highest BCUT2D eigenvalue weighted by atomic mass is 32.2. The number of fused-ring (bicyclic) bond motifs is 1. The molecular weight excluding hydrogens is 460 g/mol. The van der Waals surface area contributed by atoms with Gasteiger partial charge in [0.1, 0.15) is 14.9 Å². The number of para-hydroxylation sites is 1. The predicted octanol–water partition coefficient (Wildman–Crippen LogP) is 6.63. The zero-order valence-electron chi connectivity index (χ0n) is 17.7. The summed E-state index contributed by atoms with van der Waals surface area (Å²) in [4.78, 5) is 31.6. The van der Waals surface area contributed by atoms with Gasteiger partial charge in [0.2, 0.25) is 5.91 Å². The molecule has 1 amide bonds. The minimum absolute atomic E-state index is 0.0903. The van der Waals surface area contributed by atoms with Crippen LogP contribution in [0.15, 0.2) is 59.5 Å². The summed E-state index contributed by atoms with van der Waals surface area (Å²) < 4.78 is 6.29. The van der Waals surface area contributed by atoms with Crippen molar-refractivity contribution in [1.82, 2.24) is 4.98 Å². The van der Waals surface area contributed by atoms with Crippen molar-refractivity contribution in [3.05, 3.63) is 65.0 Å². The first kappa shape index (κ1) is 22.5. The lowest BCUT2D eigenvalue weighted by molar-refractivity contribution is -0.115. The van der Waals surface area contributed by atoms with Crippen LogP contribution in [0.1, 0.15) is 28.6 Å². The Bertz CT molecular complexity index is 1220. The van der Waals surface area contributed by atoms with Gasteiger partial charge in [-0.2, -0.15) is 0 Å². The van der Waals surface area contributed by atoms with Gasteiger partial charge >= 0.3 is 5.97 Å². The molecule has 0 unspecified atom stereocenters. The zero-order valence-corrected chi connectivity index (χ0v) is 20.2. The number of aromatic nitrogens is 1. The summed E-state index contributed by atoms with van der Waals surface area (Å²) in [5.41, 5.74) is 2.47. The van der Waals surface area contributed by atoms with Crippen molar-refractivity contribution in [2.24, 2.45) is 0 Å². The van der Waals surface area contributed by atoms with Gasteiger partial charge in [0.25, 0.3) is 0 Å². The lowest BCUT2D eigenvalue weighted by Gasteiger charge is -2.06. The number of thiazole rings is 1. The van der Waals surface area contributed by atoms with Crippen LogP contribution in [-0.2, 0) is 9.53 Å². The second kappa shape index (κ2) is 10.3. The fraction of sp³-hybridized carbons (Fsp3) is 0.208. The number of rotatable bonds is 8. The molecule has 5 nitrogen and oxygen atoms in total. The average Bonchev–Trinajstić information content (AvgIpc) is 3.35. The maximum atomic E-state index is 12.7. The third-order valence-electron chi connectivity index (χ3n) is 4.71. The molecule has 4 aromatic rings. The van der Waals surface area contributed by atoms with Crippen LogP contribution in [0.4, 0.5) is 5.00 Å². The molecule has 0 radical (unpaired) electrons. The van der Waals surface area contributed by atoms with Crippen LogP contribution in [-0.4, -0.2) is 29.2 Å². The van der Waals surface area contributed by atoms with E-state index in [0.717, 1.165) is 31.2 Å². The van der Waals surface area contributed by atoms with Crippen LogP contribution in [0.25, 0.3) is 20.8 Å². The Morgan fingerprint density at radius 1 is 1.06 bits per heavy atom. The van der Waals surface area contributed by atoms with Crippen molar-refractivity contribution in [3.63, 3.8) is 0 Å². The summed E-state index contributed by atoms with van der Waals surface area (Å²) in [5.74, 6) is 0.200. The van der Waals surface area contributed by atoms with Gasteiger partial charge < -0.3 is 10.1 Å². The smallest absolute Gasteiger partial charge is 0.348 e. The van der Waals surface area contributed by atoms with Crippen molar-refractivity contribution in [1.29, 1.82) is 0 Å². The third-order valence-corrected chi connectivity index (χ3v) is 7.96. The summed E-state index contributed by atoms with van der Waals surface area (Å²) in [6.45, 7) is 3.96. The van der Waals surface area contributed by atoms with Gasteiger partial charge in [-0.1, -0.05) is 30.3 Å². The van der Waals surface area contributed by atoms with E-state index in [0.29, 0.717) is 28.7 Å². The van der Waals surface area contributed by atoms with E-state index in [2.05, 4.69) is 5.32 Å². The highest BCUT2D eigenvalue weighted by molar-refractivity contribution is 7.99. The second-order valence-corrected chi connectivity index (χ2v) is 10.1. The monoisotopic (exact) mass is 482 g/mol. The summed E-state index contributed by atoms with van der Waals surface area (Å²) in [5, 5.41) is 4.44. The Labute approximate surface area is 198 Å². The first-order valence-corrected chi connectivity index (χ1v) is 12.8. The first-order chi connectivity index (χ1) is 15.6. The van der Waals surface area contributed by atoms with Gasteiger partial charge in [0.05, 0.1) is 16.8 Å². The number of carbonyl (C=O) groups is 2. The summed E-state index contributed by atoms with van der Waals surface area (Å²) in [6.07, 6.45) is 0.366. The Hall–Kier alpha value is -2.68. The van der Waals surface area contributed by atoms with Gasteiger partial charge in [-0.15, -0.1) is 34.4 Å². The van der Waals surface area contributed by atoms with E-state index in [9.17, 15) is 9.59 Å². The number of anilines is 1. The normalized spacial score (nSPS) is 10.9. The molecule has 0 aliphatic rings. The number of nitrogens with one attached hydrogen (secondary N) is 1. The fourth-order valence-corrected chi connectivity index (χ4v) is 6.33. The molecule has 4 rings (SSSR count). The third kappa shape index (κ3) is 5.03. The van der Waals surface area contributed by atoms with E-state index in [1.165, 1.54) is 11.3 Å². The topological polar surface area (TPSA) is 68.3 Å². The number of carbonyl (C=O) groups excluding carboxylic acids is 2. The molecule has 164 valence electrons. The lowest BCUT2D eigenvalue weighted by Crippen LogP contribution is -2.11. The molecule has 32 heavy (non-hydrogen) atoms. The second-order valence-electron chi connectivity index (χ2n) is 6.93. The van der Waals surface area contributed by atoms with Gasteiger partial charge in [-0.25, -0.2) is 9.78 Å². The van der Waals surface area contributed by atoms with Gasteiger partial charge in [-0.05, 0) is 43.7 Å². The van der Waals surface area contributed by atoms with Gasteiger partial charge in [-0.3, -0.25) is 4.79 Å². The number of thioether (sulfide) groups is 1. The molecule has 1 N–H and O–H groups in total. The molecular formula is C24H22N2O3S3. The SMILES string of the molecule is CCOC(=O)c1sc(NC(=O)CCSc2ccccc2)c(-c2nc3ccccc3s2)c1C. The largest absolute Gasteiger partial charge is 0.462 e. The molecule has 0 saturated heterocycles. The molecule has 0 fully saturated rings. The van der Waals surface area contributed by atoms with Crippen molar-refractivity contribution < 1.29 is 14.3 Å². The van der Waals surface area contributed by atoms with Crippen molar-refractivity contribution >= 4 is 61.5 Å². The molecule has 0 aliphatic heterocycles. The number of hydrogen-bond donors (Lipinski definition) is 1. The van der Waals surface area contributed by atoms with Crippen molar-refractivity contribution in [3.8, 4) is 10.6 Å². The first-order valence-electron chi connectivity index (χ1n) is 10.2. The van der Waals surface area contributed by atoms with Crippen LogP contribution in [0.2, 0.25) is 0 Å². The number of ether oxygens (including phenoxy) is 1. The van der Waals surface area contributed by atoms with Gasteiger partial charge in [0, 0.05) is 22.6 Å². The van der Waals surface area contributed by atoms with E-state index >= 15 is 0 Å². The van der Waals surface area contributed by atoms with Crippen molar-refractivity contribution in [2.75, 3.05) is 17.7 Å². The van der Waals surface area contributed by atoms with Gasteiger partial charge in [0.15, 0.2) is 0 Å². The Morgan fingerprint density at radius 2 is 1.81 bits per heavy atom. The Balaban J connectivity index is 1.59. The Kier molecular flexibility index (Phi) is 7.24. The highest BCUT2D eigenvalue weighted by Crippen LogP contribution is 2.43. The molecule has 8 heteroatoms. The van der Waals surface area contributed by atoms with E-state index in [1.807, 2.05) is 61.5 Å². The Morgan fingerprint density at radius 3 is 2.56 bits per heavy atom. The molecule has 2 aromatic carbocycles. The molecule has 0 saturated carbocycles. The van der Waals surface area contributed by atoms with Crippen LogP contribution in [0, 0.1) is 6.92 Å². The van der Waals surface area contributed by atoms with Crippen LogP contribution in [0.3, 0.4) is 0 Å². The number of thiophene rings is 1. The minimum atomic E-state index is -0.377. The average molecular weight is 483 g/mol. The molecule has 0 aliphatic carbocycles. The van der Waals surface area contributed by atoms with Crippen molar-refractivity contribution in [2.45, 2.75) is 25.2 Å². The molecule has 0 atom stereocenters. The minimum Gasteiger partial charge on any atom is -0.462 e. The number of benzene rings is 2. The van der Waals surface area contributed by atoms with Crippen LogP contribution >= 0.6 is 34.4 Å². The fourth-order valence-electron chi connectivity index (χ4n) is 3.20. The molecule has 2 aromatic heterocycles. The van der Waals surface area contributed by atoms with E-state index in [1.54, 1.807) is 30.0 Å². The maximum absolute atomic E-state index is 12.7. The molecule has 0 bridgehead atoms. The molecule has 2 heterocycles. The maximum Gasteiger partial charge on any atom is 0.348 e. The van der Waals surface area contributed by atoms with Crippen LogP contribution < -0.4 is 5.32 Å². The quantitative estimate of drug-likeness (QED) is 0.225. The van der Waals surface area contributed by atoms with Crippen LogP contribution in [0.5, 0.6) is 0 Å². The lowest BCUT2D eigenvalue weighted by atomic mass is 10.1. The number of esters is 1. The summed E-state index contributed by atoms with van der Waals surface area (Å²) >= 11 is 4.44. The standard InChI is InChI=1S/C24H22N2O3S3/c1-3-29-24(28)21-15(2)20(22-25-17-11-7-8-12-18(17)31-22)23(32-21)26-19(27)13-14-30-16-9-5-4-6-10-16/h4-12H,3,13-14H2,1-2H3,(H,26,27). The van der Waals surface area contributed by atoms with E-state index in [4.69, 9.17) is 9.72 Å². The number of nitrogens with zero attached hydrogens (tertiary/aromatic N) is 1. The van der Waals surface area contributed by atoms with E-state index in [-0.39, 0.29) is 11.9 Å². The number of amides is 1. The summed E-state index contributed by atoms with van der Waals surface area (Å²) in [7, 11) is 0. The predicted molar refractivity (Wildman–Crippen MR) is 134 cm³/mol. The zero-order chi connectivity index (χ0) is 22.5. The molecule has 0 spiro atoms. The highest BCUT2D eigenvalue weighted by Gasteiger charge is 2.25. The van der Waals surface area contributed by atoms with E-state index < -0.39 is 0 Å².